The van der Waals surface area contributed by atoms with Gasteiger partial charge in [0.25, 0.3) is 0 Å². The molecule has 3 heteroatoms. The lowest BCUT2D eigenvalue weighted by Gasteiger charge is -2.12. The molecular formula is C9H13IN2. The minimum Gasteiger partial charge on any atom is -0.329 e. The van der Waals surface area contributed by atoms with Gasteiger partial charge in [0.2, 0.25) is 0 Å². The lowest BCUT2D eigenvalue weighted by molar-refractivity contribution is 0.731. The summed E-state index contributed by atoms with van der Waals surface area (Å²) >= 11 is 2.28. The molecule has 0 heterocycles. The summed E-state index contributed by atoms with van der Waals surface area (Å²) in [5.74, 6) is 0. The number of hydrogen-bond donors (Lipinski definition) is 2. The quantitative estimate of drug-likeness (QED) is 0.805. The molecule has 0 saturated heterocycles. The molecule has 0 radical (unpaired) electrons. The second-order valence-electron chi connectivity index (χ2n) is 2.84. The van der Waals surface area contributed by atoms with Crippen LogP contribution in [0.1, 0.15) is 17.2 Å². The Morgan fingerprint density at radius 1 is 1.50 bits per heavy atom. The Bertz CT molecular complexity index is 273. The average Bonchev–Trinajstić information content (AvgIpc) is 2.08. The van der Waals surface area contributed by atoms with E-state index >= 15 is 0 Å². The fraction of sp³-hybridized carbons (Fsp3) is 0.333. The number of nitrogens with two attached hydrogens (primary N) is 2. The van der Waals surface area contributed by atoms with Crippen LogP contribution in [-0.4, -0.2) is 6.54 Å². The predicted molar refractivity (Wildman–Crippen MR) is 59.9 cm³/mol. The Balaban J connectivity index is 3.04. The summed E-state index contributed by atoms with van der Waals surface area (Å²) in [4.78, 5) is 0. The average molecular weight is 276 g/mol. The molecule has 0 amide bonds. The van der Waals surface area contributed by atoms with Crippen LogP contribution in [0.25, 0.3) is 0 Å². The molecule has 0 unspecified atom stereocenters. The van der Waals surface area contributed by atoms with Crippen molar-refractivity contribution in [3.63, 3.8) is 0 Å². The summed E-state index contributed by atoms with van der Waals surface area (Å²) in [6.07, 6.45) is 0. The fourth-order valence-electron chi connectivity index (χ4n) is 1.14. The first-order valence-corrected chi connectivity index (χ1v) is 4.94. The van der Waals surface area contributed by atoms with E-state index in [9.17, 15) is 0 Å². The van der Waals surface area contributed by atoms with Crippen molar-refractivity contribution in [2.45, 2.75) is 13.0 Å². The largest absolute Gasteiger partial charge is 0.329 e. The normalized spacial score (nSPS) is 13.0. The van der Waals surface area contributed by atoms with Crippen LogP contribution in [0.4, 0.5) is 0 Å². The number of benzene rings is 1. The number of aryl methyl sites for hydroxylation is 1. The van der Waals surface area contributed by atoms with Crippen molar-refractivity contribution in [2.24, 2.45) is 11.5 Å². The summed E-state index contributed by atoms with van der Waals surface area (Å²) < 4.78 is 1.21. The maximum Gasteiger partial charge on any atom is 0.0422 e. The highest BCUT2D eigenvalue weighted by molar-refractivity contribution is 14.1. The smallest absolute Gasteiger partial charge is 0.0422 e. The van der Waals surface area contributed by atoms with E-state index in [0.717, 1.165) is 5.56 Å². The van der Waals surface area contributed by atoms with Gasteiger partial charge in [0.1, 0.15) is 0 Å². The van der Waals surface area contributed by atoms with Gasteiger partial charge >= 0.3 is 0 Å². The molecule has 1 aromatic carbocycles. The summed E-state index contributed by atoms with van der Waals surface area (Å²) in [6, 6.07) is 6.21. The van der Waals surface area contributed by atoms with Crippen LogP contribution in [-0.2, 0) is 0 Å². The minimum atomic E-state index is -0.0280. The topological polar surface area (TPSA) is 52.0 Å². The van der Waals surface area contributed by atoms with E-state index in [-0.39, 0.29) is 6.04 Å². The first-order chi connectivity index (χ1) is 5.65. The van der Waals surface area contributed by atoms with Gasteiger partial charge in [-0.2, -0.15) is 0 Å². The third-order valence-corrected chi connectivity index (χ3v) is 2.57. The predicted octanol–water partition coefficient (Wildman–Crippen LogP) is 1.56. The molecule has 0 aliphatic carbocycles. The molecule has 12 heavy (non-hydrogen) atoms. The molecule has 0 bridgehead atoms. The summed E-state index contributed by atoms with van der Waals surface area (Å²) in [5, 5.41) is 0. The van der Waals surface area contributed by atoms with Gasteiger partial charge in [-0.3, -0.25) is 0 Å². The van der Waals surface area contributed by atoms with E-state index in [1.807, 2.05) is 0 Å². The molecule has 66 valence electrons. The second kappa shape index (κ2) is 4.20. The van der Waals surface area contributed by atoms with Crippen molar-refractivity contribution in [1.29, 1.82) is 0 Å². The highest BCUT2D eigenvalue weighted by Crippen LogP contribution is 2.17. The highest BCUT2D eigenvalue weighted by atomic mass is 127. The van der Waals surface area contributed by atoms with Crippen molar-refractivity contribution >= 4 is 22.6 Å². The highest BCUT2D eigenvalue weighted by Gasteiger charge is 2.06. The second-order valence-corrected chi connectivity index (χ2v) is 4.09. The maximum absolute atomic E-state index is 5.84. The molecule has 0 aliphatic heterocycles. The van der Waals surface area contributed by atoms with Crippen LogP contribution in [0.2, 0.25) is 0 Å². The van der Waals surface area contributed by atoms with E-state index in [1.165, 1.54) is 9.13 Å². The van der Waals surface area contributed by atoms with Crippen molar-refractivity contribution in [1.82, 2.24) is 0 Å². The van der Waals surface area contributed by atoms with Gasteiger partial charge in [-0.15, -0.1) is 0 Å². The van der Waals surface area contributed by atoms with Gasteiger partial charge in [0.05, 0.1) is 0 Å². The summed E-state index contributed by atoms with van der Waals surface area (Å²) in [7, 11) is 0. The third-order valence-electron chi connectivity index (χ3n) is 1.89. The number of halogens is 1. The zero-order chi connectivity index (χ0) is 9.14. The number of hydrogen-bond acceptors (Lipinski definition) is 2. The molecule has 0 fully saturated rings. The van der Waals surface area contributed by atoms with E-state index in [2.05, 4.69) is 47.7 Å². The van der Waals surface area contributed by atoms with Crippen molar-refractivity contribution in [2.75, 3.05) is 6.54 Å². The van der Waals surface area contributed by atoms with Gasteiger partial charge in [-0.05, 0) is 52.8 Å². The molecule has 4 N–H and O–H groups in total. The van der Waals surface area contributed by atoms with Crippen LogP contribution in [0.5, 0.6) is 0 Å². The van der Waals surface area contributed by atoms with Crippen LogP contribution >= 0.6 is 22.6 Å². The molecule has 1 rings (SSSR count). The Kier molecular flexibility index (Phi) is 3.49. The van der Waals surface area contributed by atoms with Crippen molar-refractivity contribution in [3.8, 4) is 0 Å². The van der Waals surface area contributed by atoms with Crippen LogP contribution in [0.15, 0.2) is 18.2 Å². The first kappa shape index (κ1) is 9.95. The molecular weight excluding hydrogens is 263 g/mol. The van der Waals surface area contributed by atoms with Crippen molar-refractivity contribution < 1.29 is 0 Å². The molecule has 0 saturated carbocycles. The molecule has 0 aliphatic rings. The minimum absolute atomic E-state index is 0.0280. The maximum atomic E-state index is 5.84. The summed E-state index contributed by atoms with van der Waals surface area (Å²) in [6.45, 7) is 2.56. The van der Waals surface area contributed by atoms with E-state index < -0.39 is 0 Å². The van der Waals surface area contributed by atoms with Gasteiger partial charge in [0, 0.05) is 16.2 Å². The molecule has 2 nitrogen and oxygen atoms in total. The Morgan fingerprint density at radius 2 is 2.17 bits per heavy atom. The van der Waals surface area contributed by atoms with E-state index in [0.29, 0.717) is 6.54 Å². The molecule has 0 aromatic heterocycles. The van der Waals surface area contributed by atoms with E-state index in [1.54, 1.807) is 0 Å². The lowest BCUT2D eigenvalue weighted by atomic mass is 10.0. The van der Waals surface area contributed by atoms with Gasteiger partial charge in [-0.25, -0.2) is 0 Å². The van der Waals surface area contributed by atoms with E-state index in [4.69, 9.17) is 11.5 Å². The monoisotopic (exact) mass is 276 g/mol. The van der Waals surface area contributed by atoms with Crippen LogP contribution in [0.3, 0.4) is 0 Å². The fourth-order valence-corrected chi connectivity index (χ4v) is 1.65. The first-order valence-electron chi connectivity index (χ1n) is 3.87. The Hall–Kier alpha value is -0.130. The zero-order valence-corrected chi connectivity index (χ0v) is 9.21. The van der Waals surface area contributed by atoms with Gasteiger partial charge in [-0.1, -0.05) is 6.07 Å². The summed E-state index contributed by atoms with van der Waals surface area (Å²) in [5.41, 5.74) is 13.7. The SMILES string of the molecule is Cc1ccc(I)cc1[C@H](N)CN. The van der Waals surface area contributed by atoms with Gasteiger partial charge in [0.15, 0.2) is 0 Å². The molecule has 1 atom stereocenters. The lowest BCUT2D eigenvalue weighted by Crippen LogP contribution is -2.21. The van der Waals surface area contributed by atoms with Crippen LogP contribution in [0, 0.1) is 10.5 Å². The van der Waals surface area contributed by atoms with Crippen molar-refractivity contribution in [3.05, 3.63) is 32.9 Å². The standard InChI is InChI=1S/C9H13IN2/c1-6-2-3-7(10)4-8(6)9(12)5-11/h2-4,9H,5,11-12H2,1H3/t9-/m1/s1. The number of rotatable bonds is 2. The zero-order valence-electron chi connectivity index (χ0n) is 7.05. The Labute approximate surface area is 86.5 Å². The molecule has 1 aromatic rings. The van der Waals surface area contributed by atoms with Crippen LogP contribution < -0.4 is 11.5 Å². The van der Waals surface area contributed by atoms with Gasteiger partial charge < -0.3 is 11.5 Å². The third kappa shape index (κ3) is 2.18. The molecule has 0 spiro atoms. The Morgan fingerprint density at radius 3 is 2.75 bits per heavy atom.